The van der Waals surface area contributed by atoms with Gasteiger partial charge in [-0.25, -0.2) is 8.42 Å². The second kappa shape index (κ2) is 8.65. The molecule has 0 aliphatic carbocycles. The van der Waals surface area contributed by atoms with Gasteiger partial charge in [0.05, 0.1) is 23.6 Å². The molecule has 1 amide bonds. The maximum atomic E-state index is 13.0. The number of carbonyl (C=O) groups excluding carboxylic acids is 1. The standard InChI is InChI=1S/C22H29N3O4S/c1-16(2)29-20-10-8-17(9-11-20)15-25-13-12-22(25,3)21(26)23-18-6-5-7-19(14-18)24-30(4,27)28/h5-11,14,16,24H,12-13,15H2,1-4H3,(H,23,26). The summed E-state index contributed by atoms with van der Waals surface area (Å²) < 4.78 is 31.0. The zero-order chi connectivity index (χ0) is 21.9. The zero-order valence-electron chi connectivity index (χ0n) is 17.8. The maximum absolute atomic E-state index is 13.0. The van der Waals surface area contributed by atoms with Crippen LogP contribution >= 0.6 is 0 Å². The molecule has 0 bridgehead atoms. The van der Waals surface area contributed by atoms with Gasteiger partial charge in [0.25, 0.3) is 0 Å². The number of hydrogen-bond acceptors (Lipinski definition) is 5. The molecule has 162 valence electrons. The van der Waals surface area contributed by atoms with E-state index in [2.05, 4.69) is 14.9 Å². The number of nitrogens with one attached hydrogen (secondary N) is 2. The molecule has 1 aliphatic rings. The van der Waals surface area contributed by atoms with E-state index in [4.69, 9.17) is 4.74 Å². The van der Waals surface area contributed by atoms with E-state index in [-0.39, 0.29) is 12.0 Å². The normalized spacial score (nSPS) is 19.2. The lowest BCUT2D eigenvalue weighted by molar-refractivity contribution is -0.136. The molecule has 1 saturated heterocycles. The number of nitrogens with zero attached hydrogens (tertiary/aromatic N) is 1. The number of anilines is 2. The van der Waals surface area contributed by atoms with Crippen LogP contribution in [0.1, 0.15) is 32.8 Å². The van der Waals surface area contributed by atoms with Gasteiger partial charge in [0.2, 0.25) is 15.9 Å². The summed E-state index contributed by atoms with van der Waals surface area (Å²) in [5.41, 5.74) is 1.46. The second-order valence-electron chi connectivity index (χ2n) is 8.17. The van der Waals surface area contributed by atoms with Crippen molar-refractivity contribution in [1.29, 1.82) is 0 Å². The Labute approximate surface area is 178 Å². The number of amides is 1. The Morgan fingerprint density at radius 1 is 1.17 bits per heavy atom. The molecule has 0 radical (unpaired) electrons. The molecule has 0 aromatic heterocycles. The summed E-state index contributed by atoms with van der Waals surface area (Å²) in [6, 6.07) is 14.6. The van der Waals surface area contributed by atoms with Gasteiger partial charge >= 0.3 is 0 Å². The van der Waals surface area contributed by atoms with Crippen molar-refractivity contribution in [3.05, 3.63) is 54.1 Å². The number of benzene rings is 2. The lowest BCUT2D eigenvalue weighted by Gasteiger charge is -2.49. The van der Waals surface area contributed by atoms with Gasteiger partial charge in [-0.2, -0.15) is 0 Å². The smallest absolute Gasteiger partial charge is 0.244 e. The average molecular weight is 432 g/mol. The fourth-order valence-corrected chi connectivity index (χ4v) is 3.98. The van der Waals surface area contributed by atoms with Gasteiger partial charge in [0.15, 0.2) is 0 Å². The Bertz CT molecular complexity index is 1010. The summed E-state index contributed by atoms with van der Waals surface area (Å²) in [5.74, 6) is 0.727. The molecule has 2 N–H and O–H groups in total. The van der Waals surface area contributed by atoms with Crippen LogP contribution < -0.4 is 14.8 Å². The lowest BCUT2D eigenvalue weighted by Crippen LogP contribution is -2.63. The third kappa shape index (κ3) is 5.52. The molecule has 1 fully saturated rings. The first-order valence-corrected chi connectivity index (χ1v) is 11.8. The van der Waals surface area contributed by atoms with Gasteiger partial charge in [-0.1, -0.05) is 18.2 Å². The Morgan fingerprint density at radius 3 is 2.40 bits per heavy atom. The first-order chi connectivity index (χ1) is 14.0. The highest BCUT2D eigenvalue weighted by Gasteiger charge is 2.46. The van der Waals surface area contributed by atoms with Crippen molar-refractivity contribution in [3.8, 4) is 5.75 Å². The van der Waals surface area contributed by atoms with E-state index in [1.807, 2.05) is 45.0 Å². The van der Waals surface area contributed by atoms with Crippen molar-refractivity contribution in [2.45, 2.75) is 45.4 Å². The van der Waals surface area contributed by atoms with Crippen molar-refractivity contribution in [3.63, 3.8) is 0 Å². The second-order valence-corrected chi connectivity index (χ2v) is 9.91. The molecule has 0 spiro atoms. The van der Waals surface area contributed by atoms with Crippen LogP contribution in [0.2, 0.25) is 0 Å². The predicted molar refractivity (Wildman–Crippen MR) is 119 cm³/mol. The molecule has 2 aromatic rings. The van der Waals surface area contributed by atoms with Crippen molar-refractivity contribution >= 4 is 27.3 Å². The molecule has 2 aromatic carbocycles. The molecular weight excluding hydrogens is 402 g/mol. The first kappa shape index (κ1) is 22.1. The van der Waals surface area contributed by atoms with E-state index >= 15 is 0 Å². The Morgan fingerprint density at radius 2 is 1.83 bits per heavy atom. The molecule has 1 unspecified atom stereocenters. The highest BCUT2D eigenvalue weighted by molar-refractivity contribution is 7.92. The predicted octanol–water partition coefficient (Wildman–Crippen LogP) is 3.45. The first-order valence-electron chi connectivity index (χ1n) is 9.95. The molecule has 30 heavy (non-hydrogen) atoms. The van der Waals surface area contributed by atoms with Gasteiger partial charge in [-0.05, 0) is 63.1 Å². The number of likely N-dealkylation sites (tertiary alicyclic amines) is 1. The van der Waals surface area contributed by atoms with Crippen molar-refractivity contribution in [2.24, 2.45) is 0 Å². The molecule has 1 heterocycles. The summed E-state index contributed by atoms with van der Waals surface area (Å²) in [6.45, 7) is 7.42. The molecule has 0 saturated carbocycles. The van der Waals surface area contributed by atoms with Crippen LogP contribution in [-0.4, -0.2) is 43.7 Å². The van der Waals surface area contributed by atoms with Crippen molar-refractivity contribution in [2.75, 3.05) is 22.8 Å². The van der Waals surface area contributed by atoms with Crippen molar-refractivity contribution in [1.82, 2.24) is 4.90 Å². The van der Waals surface area contributed by atoms with Gasteiger partial charge in [0.1, 0.15) is 5.75 Å². The van der Waals surface area contributed by atoms with Gasteiger partial charge < -0.3 is 10.1 Å². The van der Waals surface area contributed by atoms with Crippen LogP contribution in [0.25, 0.3) is 0 Å². The van der Waals surface area contributed by atoms with Crippen molar-refractivity contribution < 1.29 is 17.9 Å². The summed E-state index contributed by atoms with van der Waals surface area (Å²) in [7, 11) is -3.38. The minimum atomic E-state index is -3.38. The van der Waals surface area contributed by atoms with E-state index < -0.39 is 15.6 Å². The van der Waals surface area contributed by atoms with Crippen LogP contribution in [0.4, 0.5) is 11.4 Å². The third-order valence-electron chi connectivity index (χ3n) is 5.15. The molecule has 1 aliphatic heterocycles. The Hall–Kier alpha value is -2.58. The van der Waals surface area contributed by atoms with Crippen LogP contribution in [-0.2, 0) is 21.4 Å². The number of ether oxygens (including phenoxy) is 1. The number of sulfonamides is 1. The SMILES string of the molecule is CC(C)Oc1ccc(CN2CCC2(C)C(=O)Nc2cccc(NS(C)(=O)=O)c2)cc1. The van der Waals surface area contributed by atoms with E-state index in [0.29, 0.717) is 17.9 Å². The number of carbonyl (C=O) groups is 1. The highest BCUT2D eigenvalue weighted by atomic mass is 32.2. The minimum Gasteiger partial charge on any atom is -0.491 e. The molecule has 1 atom stereocenters. The Kier molecular flexibility index (Phi) is 6.38. The summed E-state index contributed by atoms with van der Waals surface area (Å²) in [6.07, 6.45) is 1.98. The summed E-state index contributed by atoms with van der Waals surface area (Å²) in [4.78, 5) is 15.1. The quantitative estimate of drug-likeness (QED) is 0.668. The summed E-state index contributed by atoms with van der Waals surface area (Å²) >= 11 is 0. The largest absolute Gasteiger partial charge is 0.491 e. The average Bonchev–Trinajstić information content (AvgIpc) is 2.64. The topological polar surface area (TPSA) is 87.7 Å². The van der Waals surface area contributed by atoms with Gasteiger partial charge in [-0.15, -0.1) is 0 Å². The zero-order valence-corrected chi connectivity index (χ0v) is 18.6. The van der Waals surface area contributed by atoms with E-state index in [1.165, 1.54) is 0 Å². The molecule has 8 heteroatoms. The maximum Gasteiger partial charge on any atom is 0.244 e. The number of hydrogen-bond donors (Lipinski definition) is 2. The number of rotatable bonds is 8. The molecular formula is C22H29N3O4S. The van der Waals surface area contributed by atoms with Crippen LogP contribution in [0.3, 0.4) is 0 Å². The van der Waals surface area contributed by atoms with Gasteiger partial charge in [0, 0.05) is 18.8 Å². The molecule has 7 nitrogen and oxygen atoms in total. The lowest BCUT2D eigenvalue weighted by atomic mass is 9.85. The highest BCUT2D eigenvalue weighted by Crippen LogP contribution is 2.33. The molecule has 3 rings (SSSR count). The van der Waals surface area contributed by atoms with Crippen LogP contribution in [0, 0.1) is 0 Å². The van der Waals surface area contributed by atoms with Crippen LogP contribution in [0.5, 0.6) is 5.75 Å². The van der Waals surface area contributed by atoms with Gasteiger partial charge in [-0.3, -0.25) is 14.4 Å². The van der Waals surface area contributed by atoms with E-state index in [0.717, 1.165) is 30.5 Å². The van der Waals surface area contributed by atoms with E-state index in [9.17, 15) is 13.2 Å². The van der Waals surface area contributed by atoms with Crippen LogP contribution in [0.15, 0.2) is 48.5 Å². The fraction of sp³-hybridized carbons (Fsp3) is 0.409. The minimum absolute atomic E-state index is 0.106. The fourth-order valence-electron chi connectivity index (χ4n) is 3.42. The Balaban J connectivity index is 1.64. The van der Waals surface area contributed by atoms with E-state index in [1.54, 1.807) is 24.3 Å². The third-order valence-corrected chi connectivity index (χ3v) is 5.75. The monoisotopic (exact) mass is 431 g/mol. The summed E-state index contributed by atoms with van der Waals surface area (Å²) in [5, 5.41) is 2.92.